The summed E-state index contributed by atoms with van der Waals surface area (Å²) in [5.41, 5.74) is 1.07. The number of hydrogen-bond acceptors (Lipinski definition) is 4. The highest BCUT2D eigenvalue weighted by molar-refractivity contribution is 5.39. The zero-order valence-electron chi connectivity index (χ0n) is 14.0. The zero-order valence-corrected chi connectivity index (χ0v) is 14.0. The molecule has 2 fully saturated rings. The van der Waals surface area contributed by atoms with Crippen LogP contribution in [0, 0.1) is 27.9 Å². The van der Waals surface area contributed by atoms with E-state index < -0.39 is 0 Å². The highest BCUT2D eigenvalue weighted by atomic mass is 16.6. The lowest BCUT2D eigenvalue weighted by Gasteiger charge is -2.36. The number of benzene rings is 1. The SMILES string of the molecule is O=[N+]([O-])c1ccccc1CN1CCN(C[C@H]2C[C@H]3C=C[C@H]2C3)CC1. The van der Waals surface area contributed by atoms with Crippen molar-refractivity contribution in [2.24, 2.45) is 17.8 Å². The summed E-state index contributed by atoms with van der Waals surface area (Å²) in [6.07, 6.45) is 7.59. The van der Waals surface area contributed by atoms with Crippen LogP contribution in [0.25, 0.3) is 0 Å². The van der Waals surface area contributed by atoms with Gasteiger partial charge in [0.05, 0.1) is 4.92 Å². The molecule has 128 valence electrons. The minimum atomic E-state index is -0.270. The average molecular weight is 327 g/mol. The van der Waals surface area contributed by atoms with E-state index in [1.807, 2.05) is 12.1 Å². The first-order valence-corrected chi connectivity index (χ1v) is 9.04. The maximum Gasteiger partial charge on any atom is 0.273 e. The second-order valence-electron chi connectivity index (χ2n) is 7.50. The van der Waals surface area contributed by atoms with Crippen molar-refractivity contribution in [2.45, 2.75) is 19.4 Å². The van der Waals surface area contributed by atoms with Gasteiger partial charge < -0.3 is 4.90 Å². The van der Waals surface area contributed by atoms with E-state index in [1.54, 1.807) is 12.1 Å². The number of rotatable bonds is 5. The van der Waals surface area contributed by atoms with E-state index in [0.717, 1.165) is 49.5 Å². The third kappa shape index (κ3) is 3.23. The molecular weight excluding hydrogens is 302 g/mol. The smallest absolute Gasteiger partial charge is 0.273 e. The third-order valence-electron chi connectivity index (χ3n) is 5.96. The van der Waals surface area contributed by atoms with Crippen LogP contribution in [0.5, 0.6) is 0 Å². The van der Waals surface area contributed by atoms with Crippen LogP contribution in [0.15, 0.2) is 36.4 Å². The van der Waals surface area contributed by atoms with Gasteiger partial charge in [-0.2, -0.15) is 0 Å². The standard InChI is InChI=1S/C19H25N3O2/c23-22(24)19-4-2-1-3-17(19)13-20-7-9-21(10-8-20)14-18-12-15-5-6-16(18)11-15/h1-6,15-16,18H,7-14H2/t15-,16-,18+/m0/s1. The fraction of sp³-hybridized carbons (Fsp3) is 0.579. The van der Waals surface area contributed by atoms with Crippen LogP contribution in [-0.2, 0) is 6.54 Å². The van der Waals surface area contributed by atoms with Crippen molar-refractivity contribution in [3.63, 3.8) is 0 Å². The van der Waals surface area contributed by atoms with E-state index in [-0.39, 0.29) is 10.6 Å². The van der Waals surface area contributed by atoms with Crippen molar-refractivity contribution in [1.29, 1.82) is 0 Å². The molecule has 0 radical (unpaired) electrons. The van der Waals surface area contributed by atoms with Crippen molar-refractivity contribution in [2.75, 3.05) is 32.7 Å². The molecule has 2 bridgehead atoms. The molecule has 5 heteroatoms. The van der Waals surface area contributed by atoms with Crippen molar-refractivity contribution in [3.05, 3.63) is 52.1 Å². The van der Waals surface area contributed by atoms with E-state index >= 15 is 0 Å². The molecule has 1 saturated heterocycles. The molecule has 0 N–H and O–H groups in total. The average Bonchev–Trinajstić information content (AvgIpc) is 3.20. The molecule has 1 aliphatic heterocycles. The molecular formula is C19H25N3O2. The van der Waals surface area contributed by atoms with Crippen LogP contribution in [0.4, 0.5) is 5.69 Å². The van der Waals surface area contributed by atoms with Crippen LogP contribution in [0.2, 0.25) is 0 Å². The predicted molar refractivity (Wildman–Crippen MR) is 93.7 cm³/mol. The van der Waals surface area contributed by atoms with Crippen LogP contribution >= 0.6 is 0 Å². The Morgan fingerprint density at radius 1 is 1.04 bits per heavy atom. The largest absolute Gasteiger partial charge is 0.300 e. The Labute approximate surface area is 143 Å². The van der Waals surface area contributed by atoms with E-state index in [9.17, 15) is 10.1 Å². The van der Waals surface area contributed by atoms with Crippen LogP contribution in [-0.4, -0.2) is 47.4 Å². The highest BCUT2D eigenvalue weighted by Crippen LogP contribution is 2.43. The summed E-state index contributed by atoms with van der Waals surface area (Å²) in [6.45, 7) is 6.08. The quantitative estimate of drug-likeness (QED) is 0.474. The molecule has 1 aromatic carbocycles. The van der Waals surface area contributed by atoms with E-state index in [0.29, 0.717) is 6.54 Å². The van der Waals surface area contributed by atoms with Crippen molar-refractivity contribution in [1.82, 2.24) is 9.80 Å². The van der Waals surface area contributed by atoms with Gasteiger partial charge in [0, 0.05) is 50.9 Å². The van der Waals surface area contributed by atoms with Gasteiger partial charge in [-0.25, -0.2) is 0 Å². The third-order valence-corrected chi connectivity index (χ3v) is 5.96. The van der Waals surface area contributed by atoms with Gasteiger partial charge in [0.25, 0.3) is 5.69 Å². The van der Waals surface area contributed by atoms with Crippen molar-refractivity contribution >= 4 is 5.69 Å². The van der Waals surface area contributed by atoms with Gasteiger partial charge in [0.1, 0.15) is 0 Å². The number of nitro groups is 1. The fourth-order valence-electron chi connectivity index (χ4n) is 4.63. The van der Waals surface area contributed by atoms with Gasteiger partial charge in [0.2, 0.25) is 0 Å². The number of hydrogen-bond donors (Lipinski definition) is 0. The summed E-state index contributed by atoms with van der Waals surface area (Å²) in [6, 6.07) is 7.12. The Morgan fingerprint density at radius 3 is 2.46 bits per heavy atom. The lowest BCUT2D eigenvalue weighted by atomic mass is 9.93. The topological polar surface area (TPSA) is 49.6 Å². The van der Waals surface area contributed by atoms with Crippen molar-refractivity contribution in [3.8, 4) is 0 Å². The van der Waals surface area contributed by atoms with Crippen LogP contribution < -0.4 is 0 Å². The maximum atomic E-state index is 11.1. The summed E-state index contributed by atoms with van der Waals surface area (Å²) in [7, 11) is 0. The van der Waals surface area contributed by atoms with Gasteiger partial charge in [-0.15, -0.1) is 0 Å². The van der Waals surface area contributed by atoms with Crippen LogP contribution in [0.1, 0.15) is 18.4 Å². The molecule has 2 aliphatic carbocycles. The molecule has 1 saturated carbocycles. The lowest BCUT2D eigenvalue weighted by Crippen LogP contribution is -2.47. The molecule has 0 aromatic heterocycles. The van der Waals surface area contributed by atoms with Gasteiger partial charge >= 0.3 is 0 Å². The molecule has 0 amide bonds. The molecule has 4 rings (SSSR count). The Hall–Kier alpha value is -1.72. The second-order valence-corrected chi connectivity index (χ2v) is 7.50. The number of nitrogens with zero attached hydrogens (tertiary/aromatic N) is 3. The van der Waals surface area contributed by atoms with E-state index in [1.165, 1.54) is 19.4 Å². The molecule has 24 heavy (non-hydrogen) atoms. The van der Waals surface area contributed by atoms with Crippen molar-refractivity contribution < 1.29 is 4.92 Å². The molecule has 0 unspecified atom stereocenters. The highest BCUT2D eigenvalue weighted by Gasteiger charge is 2.36. The summed E-state index contributed by atoms with van der Waals surface area (Å²) < 4.78 is 0. The molecule has 3 atom stereocenters. The molecule has 0 spiro atoms. The Balaban J connectivity index is 1.29. The van der Waals surface area contributed by atoms with Gasteiger partial charge in [-0.3, -0.25) is 15.0 Å². The number of piperazine rings is 1. The maximum absolute atomic E-state index is 11.1. The first-order chi connectivity index (χ1) is 11.7. The van der Waals surface area contributed by atoms with Gasteiger partial charge in [-0.1, -0.05) is 30.4 Å². The second kappa shape index (κ2) is 6.65. The predicted octanol–water partition coefficient (Wildman–Crippen LogP) is 2.92. The Bertz CT molecular complexity index is 637. The van der Waals surface area contributed by atoms with Gasteiger partial charge in [-0.05, 0) is 30.6 Å². The number of nitro benzene ring substituents is 1. The van der Waals surface area contributed by atoms with Gasteiger partial charge in [0.15, 0.2) is 0 Å². The monoisotopic (exact) mass is 327 g/mol. The normalized spacial score (nSPS) is 30.1. The summed E-state index contributed by atoms with van der Waals surface area (Å²) in [5.74, 6) is 2.52. The first-order valence-electron chi connectivity index (χ1n) is 9.04. The Kier molecular flexibility index (Phi) is 4.37. The fourth-order valence-corrected chi connectivity index (χ4v) is 4.63. The Morgan fingerprint density at radius 2 is 1.79 bits per heavy atom. The number of fused-ring (bicyclic) bond motifs is 2. The molecule has 5 nitrogen and oxygen atoms in total. The minimum Gasteiger partial charge on any atom is -0.300 e. The lowest BCUT2D eigenvalue weighted by molar-refractivity contribution is -0.385. The zero-order chi connectivity index (χ0) is 16.5. The van der Waals surface area contributed by atoms with Crippen LogP contribution in [0.3, 0.4) is 0 Å². The molecule has 3 aliphatic rings. The number of allylic oxidation sites excluding steroid dienone is 2. The summed E-state index contributed by atoms with van der Waals surface area (Å²) in [5, 5.41) is 11.1. The summed E-state index contributed by atoms with van der Waals surface area (Å²) in [4.78, 5) is 15.8. The molecule has 1 aromatic rings. The van der Waals surface area contributed by atoms with E-state index in [2.05, 4.69) is 22.0 Å². The minimum absolute atomic E-state index is 0.244. The summed E-state index contributed by atoms with van der Waals surface area (Å²) >= 11 is 0. The molecule has 1 heterocycles. The number of para-hydroxylation sites is 1. The first kappa shape index (κ1) is 15.8. The van der Waals surface area contributed by atoms with E-state index in [4.69, 9.17) is 0 Å².